The first-order valence-corrected chi connectivity index (χ1v) is 6.99. The van der Waals surface area contributed by atoms with Crippen LogP contribution in [-0.2, 0) is 0 Å². The maximum Gasteiger partial charge on any atom is 0.125 e. The van der Waals surface area contributed by atoms with Gasteiger partial charge in [0.25, 0.3) is 0 Å². The van der Waals surface area contributed by atoms with E-state index < -0.39 is 0 Å². The lowest BCUT2D eigenvalue weighted by atomic mass is 10.1. The molecule has 0 amide bonds. The van der Waals surface area contributed by atoms with Crippen LogP contribution in [0.15, 0.2) is 42.5 Å². The van der Waals surface area contributed by atoms with E-state index >= 15 is 0 Å². The Morgan fingerprint density at radius 2 is 1.83 bits per heavy atom. The van der Waals surface area contributed by atoms with E-state index in [0.29, 0.717) is 10.7 Å². The maximum absolute atomic E-state index is 13.2. The Hall–Kier alpha value is -0.810. The monoisotopic (exact) mass is 375 g/mol. The fourth-order valence-electron chi connectivity index (χ4n) is 1.68. The van der Waals surface area contributed by atoms with Crippen LogP contribution in [0.1, 0.15) is 18.5 Å². The van der Waals surface area contributed by atoms with E-state index in [2.05, 4.69) is 27.9 Å². The van der Waals surface area contributed by atoms with Gasteiger partial charge in [0.15, 0.2) is 0 Å². The summed E-state index contributed by atoms with van der Waals surface area (Å²) in [4.78, 5) is 0. The van der Waals surface area contributed by atoms with Crippen molar-refractivity contribution in [1.29, 1.82) is 0 Å². The Morgan fingerprint density at radius 1 is 1.17 bits per heavy atom. The van der Waals surface area contributed by atoms with Crippen LogP contribution in [0.2, 0.25) is 5.02 Å². The zero-order valence-corrected chi connectivity index (χ0v) is 12.7. The van der Waals surface area contributed by atoms with Crippen molar-refractivity contribution in [2.45, 2.75) is 13.0 Å². The maximum atomic E-state index is 13.2. The van der Waals surface area contributed by atoms with Crippen molar-refractivity contribution in [2.75, 3.05) is 5.32 Å². The molecule has 0 aliphatic heterocycles. The van der Waals surface area contributed by atoms with Gasteiger partial charge in [-0.15, -0.1) is 0 Å². The number of anilines is 1. The average Bonchev–Trinajstić information content (AvgIpc) is 2.34. The Morgan fingerprint density at radius 3 is 2.50 bits per heavy atom. The lowest BCUT2D eigenvalue weighted by Gasteiger charge is -2.17. The van der Waals surface area contributed by atoms with E-state index in [9.17, 15) is 4.39 Å². The third-order valence-electron chi connectivity index (χ3n) is 2.67. The molecule has 0 radical (unpaired) electrons. The van der Waals surface area contributed by atoms with E-state index in [1.54, 1.807) is 6.07 Å². The Balaban J connectivity index is 2.18. The zero-order chi connectivity index (χ0) is 13.1. The molecule has 0 spiro atoms. The van der Waals surface area contributed by atoms with Crippen LogP contribution < -0.4 is 5.32 Å². The smallest absolute Gasteiger partial charge is 0.125 e. The number of nitrogens with one attached hydrogen (secondary N) is 1. The van der Waals surface area contributed by atoms with Crippen LogP contribution >= 0.6 is 34.2 Å². The quantitative estimate of drug-likeness (QED) is 0.722. The lowest BCUT2D eigenvalue weighted by Crippen LogP contribution is -2.07. The van der Waals surface area contributed by atoms with Gasteiger partial charge in [0, 0.05) is 9.61 Å². The van der Waals surface area contributed by atoms with Crippen molar-refractivity contribution in [1.82, 2.24) is 0 Å². The van der Waals surface area contributed by atoms with Crippen molar-refractivity contribution >= 4 is 39.9 Å². The molecular weight excluding hydrogens is 364 g/mol. The van der Waals surface area contributed by atoms with Crippen LogP contribution in [0.25, 0.3) is 0 Å². The van der Waals surface area contributed by atoms with Crippen molar-refractivity contribution in [2.24, 2.45) is 0 Å². The third kappa shape index (κ3) is 3.36. The van der Waals surface area contributed by atoms with Gasteiger partial charge in [0.2, 0.25) is 0 Å². The van der Waals surface area contributed by atoms with Gasteiger partial charge in [0.1, 0.15) is 5.82 Å². The highest BCUT2D eigenvalue weighted by Crippen LogP contribution is 2.27. The number of rotatable bonds is 3. The van der Waals surface area contributed by atoms with E-state index in [0.717, 1.165) is 5.56 Å². The molecule has 1 atom stereocenters. The van der Waals surface area contributed by atoms with Crippen LogP contribution in [0.4, 0.5) is 10.1 Å². The molecule has 1 N–H and O–H groups in total. The van der Waals surface area contributed by atoms with E-state index in [-0.39, 0.29) is 11.9 Å². The molecule has 0 fully saturated rings. The molecule has 0 aromatic heterocycles. The number of hydrogen-bond donors (Lipinski definition) is 1. The van der Waals surface area contributed by atoms with Crippen molar-refractivity contribution in [3.8, 4) is 0 Å². The summed E-state index contributed by atoms with van der Waals surface area (Å²) in [6.07, 6.45) is 0. The van der Waals surface area contributed by atoms with Crippen LogP contribution in [0, 0.1) is 9.39 Å². The van der Waals surface area contributed by atoms with E-state index in [1.807, 2.05) is 31.2 Å². The second-order valence-corrected chi connectivity index (χ2v) is 5.69. The minimum atomic E-state index is -0.295. The average molecular weight is 376 g/mol. The normalized spacial score (nSPS) is 12.2. The molecule has 2 aromatic rings. The Bertz CT molecular complexity index is 542. The molecule has 0 bridgehead atoms. The standard InChI is InChI=1S/C14H12ClFIN/c1-9(10-2-5-12(17)6-3-10)18-14-8-11(16)4-7-13(14)15/h2-9,18H,1H3. The topological polar surface area (TPSA) is 12.0 Å². The highest BCUT2D eigenvalue weighted by Gasteiger charge is 2.08. The summed E-state index contributed by atoms with van der Waals surface area (Å²) < 4.78 is 14.3. The summed E-state index contributed by atoms with van der Waals surface area (Å²) in [6.45, 7) is 2.02. The summed E-state index contributed by atoms with van der Waals surface area (Å²) in [7, 11) is 0. The highest BCUT2D eigenvalue weighted by molar-refractivity contribution is 14.1. The molecule has 0 aliphatic carbocycles. The van der Waals surface area contributed by atoms with Gasteiger partial charge in [-0.2, -0.15) is 0 Å². The first kappa shape index (κ1) is 13.6. The van der Waals surface area contributed by atoms with Crippen molar-refractivity contribution in [3.63, 3.8) is 0 Å². The molecule has 18 heavy (non-hydrogen) atoms. The minimum absolute atomic E-state index is 0.0706. The first-order chi connectivity index (χ1) is 8.56. The van der Waals surface area contributed by atoms with E-state index in [4.69, 9.17) is 11.6 Å². The Kier molecular flexibility index (Phi) is 4.45. The lowest BCUT2D eigenvalue weighted by molar-refractivity contribution is 0.628. The second kappa shape index (κ2) is 5.89. The summed E-state index contributed by atoms with van der Waals surface area (Å²) in [5.74, 6) is -0.295. The molecular formula is C14H12ClFIN. The highest BCUT2D eigenvalue weighted by atomic mass is 127. The molecule has 0 saturated heterocycles. The molecule has 0 saturated carbocycles. The first-order valence-electron chi connectivity index (χ1n) is 5.53. The van der Waals surface area contributed by atoms with Crippen molar-refractivity contribution in [3.05, 3.63) is 62.4 Å². The molecule has 0 heterocycles. The SMILES string of the molecule is CC(Nc1cc(F)ccc1Cl)c1ccc(I)cc1. The van der Waals surface area contributed by atoms with Gasteiger partial charge in [-0.25, -0.2) is 4.39 Å². The molecule has 0 aliphatic rings. The third-order valence-corrected chi connectivity index (χ3v) is 3.72. The second-order valence-electron chi connectivity index (χ2n) is 4.04. The van der Waals surface area contributed by atoms with Gasteiger partial charge in [0.05, 0.1) is 10.7 Å². The van der Waals surface area contributed by atoms with Crippen LogP contribution in [-0.4, -0.2) is 0 Å². The molecule has 94 valence electrons. The van der Waals surface area contributed by atoms with Crippen LogP contribution in [0.5, 0.6) is 0 Å². The molecule has 1 nitrogen and oxygen atoms in total. The van der Waals surface area contributed by atoms with E-state index in [1.165, 1.54) is 15.7 Å². The van der Waals surface area contributed by atoms with Gasteiger partial charge < -0.3 is 5.32 Å². The molecule has 2 rings (SSSR count). The summed E-state index contributed by atoms with van der Waals surface area (Å²) in [6, 6.07) is 12.6. The zero-order valence-electron chi connectivity index (χ0n) is 9.75. The summed E-state index contributed by atoms with van der Waals surface area (Å²) in [5.41, 5.74) is 1.75. The summed E-state index contributed by atoms with van der Waals surface area (Å²) in [5, 5.41) is 3.73. The molecule has 2 aromatic carbocycles. The fourth-order valence-corrected chi connectivity index (χ4v) is 2.21. The van der Waals surface area contributed by atoms with Gasteiger partial charge in [-0.05, 0) is 65.4 Å². The predicted octanol–water partition coefficient (Wildman–Crippen LogP) is 5.26. The number of benzene rings is 2. The van der Waals surface area contributed by atoms with Gasteiger partial charge >= 0.3 is 0 Å². The van der Waals surface area contributed by atoms with Crippen molar-refractivity contribution < 1.29 is 4.39 Å². The molecule has 1 unspecified atom stereocenters. The molecule has 4 heteroatoms. The predicted molar refractivity (Wildman–Crippen MR) is 82.6 cm³/mol. The largest absolute Gasteiger partial charge is 0.377 e. The van der Waals surface area contributed by atoms with Gasteiger partial charge in [-0.3, -0.25) is 0 Å². The van der Waals surface area contributed by atoms with Crippen LogP contribution in [0.3, 0.4) is 0 Å². The fraction of sp³-hybridized carbons (Fsp3) is 0.143. The minimum Gasteiger partial charge on any atom is -0.377 e. The Labute approximate surface area is 124 Å². The summed E-state index contributed by atoms with van der Waals surface area (Å²) >= 11 is 8.28. The number of halogens is 3. The number of hydrogen-bond acceptors (Lipinski definition) is 1. The van der Waals surface area contributed by atoms with Gasteiger partial charge in [-0.1, -0.05) is 23.7 Å².